The molecule has 9 atom stereocenters. The van der Waals surface area contributed by atoms with Crippen LogP contribution in [0.2, 0.25) is 0 Å². The first kappa shape index (κ1) is 26.8. The maximum absolute atomic E-state index is 17.5. The molecule has 0 bridgehead atoms. The molecule has 0 spiro atoms. The van der Waals surface area contributed by atoms with Crippen LogP contribution < -0.4 is 4.74 Å². The second-order valence-corrected chi connectivity index (χ2v) is 12.9. The third kappa shape index (κ3) is 3.34. The van der Waals surface area contributed by atoms with Crippen molar-refractivity contribution >= 4 is 11.6 Å². The number of aliphatic hydroxyl groups excluding tert-OH is 2. The monoisotopic (exact) mass is 541 g/mol. The smallest absolute Gasteiger partial charge is 0.178 e. The van der Waals surface area contributed by atoms with Crippen molar-refractivity contribution in [2.75, 3.05) is 26.8 Å². The molecule has 0 amide bonds. The molecular weight excluding hydrogens is 504 g/mol. The van der Waals surface area contributed by atoms with Gasteiger partial charge in [0.25, 0.3) is 0 Å². The fraction of sp³-hybridized carbons (Fsp3) is 0.613. The number of fused-ring (bicyclic) bond motifs is 7. The van der Waals surface area contributed by atoms with Crippen molar-refractivity contribution in [1.82, 2.24) is 4.90 Å². The number of allylic oxidation sites excluding steroid dienone is 4. The van der Waals surface area contributed by atoms with E-state index in [0.29, 0.717) is 26.1 Å². The number of alkyl halides is 2. The number of aliphatic hydroxyl groups is 2. The number of hydrogen-bond acceptors (Lipinski definition) is 6. The summed E-state index contributed by atoms with van der Waals surface area (Å²) in [6.07, 6.45) is 1.34. The van der Waals surface area contributed by atoms with Gasteiger partial charge in [-0.3, -0.25) is 14.5 Å². The van der Waals surface area contributed by atoms with Crippen molar-refractivity contribution in [3.05, 3.63) is 53.6 Å². The summed E-state index contributed by atoms with van der Waals surface area (Å²) in [6, 6.07) is 7.75. The molecule has 210 valence electrons. The predicted octanol–water partition coefficient (Wildman–Crippen LogP) is 3.60. The highest BCUT2D eigenvalue weighted by molar-refractivity contribution is 6.01. The van der Waals surface area contributed by atoms with Crippen LogP contribution in [0, 0.1) is 34.0 Å². The Morgan fingerprint density at radius 3 is 2.72 bits per heavy atom. The molecule has 5 aliphatic rings. The maximum Gasteiger partial charge on any atom is 0.178 e. The highest BCUT2D eigenvalue weighted by atomic mass is 19.1. The number of benzene rings is 1. The second kappa shape index (κ2) is 8.79. The number of likely N-dealkylation sites (tertiary alicyclic amines) is 1. The van der Waals surface area contributed by atoms with Gasteiger partial charge in [-0.05, 0) is 78.9 Å². The Balaban J connectivity index is 1.38. The number of rotatable bonds is 5. The largest absolute Gasteiger partial charge is 0.497 e. The molecule has 4 fully saturated rings. The van der Waals surface area contributed by atoms with Gasteiger partial charge < -0.3 is 14.9 Å². The molecule has 2 N–H and O–H groups in total. The van der Waals surface area contributed by atoms with Gasteiger partial charge in [-0.15, -0.1) is 0 Å². The summed E-state index contributed by atoms with van der Waals surface area (Å²) < 4.78 is 38.6. The van der Waals surface area contributed by atoms with E-state index in [2.05, 4.69) is 4.90 Å². The minimum Gasteiger partial charge on any atom is -0.497 e. The van der Waals surface area contributed by atoms with Gasteiger partial charge in [-0.2, -0.15) is 0 Å². The zero-order chi connectivity index (χ0) is 28.0. The lowest BCUT2D eigenvalue weighted by molar-refractivity contribution is -0.212. The number of hydrogen-bond donors (Lipinski definition) is 2. The Labute approximate surface area is 227 Å². The number of nitrogens with zero attached hydrogens (tertiary/aromatic N) is 1. The highest BCUT2D eigenvalue weighted by Crippen LogP contribution is 2.74. The zero-order valence-electron chi connectivity index (χ0n) is 22.7. The maximum atomic E-state index is 17.5. The van der Waals surface area contributed by atoms with Crippen molar-refractivity contribution in [3.63, 3.8) is 0 Å². The van der Waals surface area contributed by atoms with E-state index in [1.165, 1.54) is 18.2 Å². The summed E-state index contributed by atoms with van der Waals surface area (Å²) in [5.74, 6) is -1.25. The lowest BCUT2D eigenvalue weighted by Gasteiger charge is -2.63. The molecule has 6 rings (SSSR count). The van der Waals surface area contributed by atoms with E-state index in [0.717, 1.165) is 11.3 Å². The molecule has 1 aromatic carbocycles. The number of methoxy groups -OCH3 is 1. The van der Waals surface area contributed by atoms with E-state index in [1.54, 1.807) is 14.0 Å². The van der Waals surface area contributed by atoms with Crippen LogP contribution in [-0.2, 0) is 16.1 Å². The summed E-state index contributed by atoms with van der Waals surface area (Å²) in [6.45, 7) is 4.47. The second-order valence-electron chi connectivity index (χ2n) is 12.9. The molecule has 4 aliphatic carbocycles. The first-order valence-corrected chi connectivity index (χ1v) is 13.9. The average Bonchev–Trinajstić information content (AvgIpc) is 3.38. The third-order valence-corrected chi connectivity index (χ3v) is 11.4. The van der Waals surface area contributed by atoms with E-state index < -0.39 is 46.7 Å². The van der Waals surface area contributed by atoms with Crippen LogP contribution in [0.3, 0.4) is 0 Å². The normalized spacial score (nSPS) is 44.7. The Kier molecular flexibility index (Phi) is 6.04. The van der Waals surface area contributed by atoms with Crippen molar-refractivity contribution in [2.45, 2.75) is 57.6 Å². The Morgan fingerprint density at radius 1 is 1.23 bits per heavy atom. The third-order valence-electron chi connectivity index (χ3n) is 11.4. The summed E-state index contributed by atoms with van der Waals surface area (Å²) in [5, 5.41) is 21.8. The molecule has 1 aromatic rings. The van der Waals surface area contributed by atoms with Gasteiger partial charge in [-0.25, -0.2) is 8.78 Å². The number of carbonyl (C=O) groups excluding carboxylic acids is 2. The Hall–Kier alpha value is -2.42. The van der Waals surface area contributed by atoms with Crippen molar-refractivity contribution in [1.29, 1.82) is 0 Å². The molecule has 1 saturated heterocycles. The van der Waals surface area contributed by atoms with Crippen LogP contribution in [-0.4, -0.2) is 71.4 Å². The number of carbonyl (C=O) groups is 2. The molecule has 0 radical (unpaired) electrons. The topological polar surface area (TPSA) is 87.1 Å². The van der Waals surface area contributed by atoms with Crippen LogP contribution in [0.1, 0.15) is 38.7 Å². The first-order valence-electron chi connectivity index (χ1n) is 13.9. The van der Waals surface area contributed by atoms with Gasteiger partial charge in [0.05, 0.1) is 18.6 Å². The first-order chi connectivity index (χ1) is 18.4. The van der Waals surface area contributed by atoms with E-state index in [4.69, 9.17) is 4.74 Å². The predicted molar refractivity (Wildman–Crippen MR) is 140 cm³/mol. The van der Waals surface area contributed by atoms with Crippen LogP contribution in [0.25, 0.3) is 0 Å². The van der Waals surface area contributed by atoms with Crippen LogP contribution in [0.5, 0.6) is 5.75 Å². The van der Waals surface area contributed by atoms with E-state index >= 15 is 8.78 Å². The van der Waals surface area contributed by atoms with Crippen LogP contribution >= 0.6 is 0 Å². The SMILES string of the molecule is COc1cccc(CN2C[C@@H]3C[C@H]4[C@@H]5C[C@H](F)C6=CC(=O)C=C[C@]6(C)[C@@]5(F)[C@@H](O)C[C@]4(C)[C@]3(C(=O)CO)C2)c1. The van der Waals surface area contributed by atoms with E-state index in [-0.39, 0.29) is 41.8 Å². The minimum atomic E-state index is -2.18. The minimum absolute atomic E-state index is 0.0293. The fourth-order valence-electron chi connectivity index (χ4n) is 9.67. The lowest BCUT2D eigenvalue weighted by atomic mass is 9.43. The molecule has 1 aliphatic heterocycles. The van der Waals surface area contributed by atoms with Gasteiger partial charge in [0.2, 0.25) is 0 Å². The molecule has 6 nitrogen and oxygen atoms in total. The zero-order valence-corrected chi connectivity index (χ0v) is 22.7. The number of ether oxygens (including phenoxy) is 1. The van der Waals surface area contributed by atoms with Gasteiger partial charge in [0.1, 0.15) is 18.5 Å². The Morgan fingerprint density at radius 2 is 2.00 bits per heavy atom. The van der Waals surface area contributed by atoms with E-state index in [9.17, 15) is 19.8 Å². The molecule has 0 unspecified atom stereocenters. The quantitative estimate of drug-likeness (QED) is 0.593. The van der Waals surface area contributed by atoms with Gasteiger partial charge in [0.15, 0.2) is 17.2 Å². The van der Waals surface area contributed by atoms with Gasteiger partial charge >= 0.3 is 0 Å². The lowest BCUT2D eigenvalue weighted by Crippen LogP contribution is -2.69. The average molecular weight is 542 g/mol. The standard InChI is InChI=1S/C31H37F2NO5/c1-28-8-7-20(36)11-24(28)25(32)12-23-22-10-19-15-34(14-18-5-4-6-21(9-18)39-3)17-30(19,27(38)16-35)29(22,2)13-26(37)31(23,28)33/h4-9,11,19,22-23,25-26,35,37H,10,12-17H2,1-3H3/t19-,22-,23-,25-,26-,28-,29-,30+,31-/m0/s1. The van der Waals surface area contributed by atoms with Crippen molar-refractivity contribution in [2.24, 2.45) is 34.0 Å². The van der Waals surface area contributed by atoms with Crippen molar-refractivity contribution in [3.8, 4) is 5.75 Å². The summed E-state index contributed by atoms with van der Waals surface area (Å²) in [5.41, 5.74) is -4.30. The number of Topliss-reactive ketones (excluding diaryl/α,β-unsaturated/α-hetero) is 1. The summed E-state index contributed by atoms with van der Waals surface area (Å²) >= 11 is 0. The van der Waals surface area contributed by atoms with Crippen LogP contribution in [0.4, 0.5) is 8.78 Å². The molecular formula is C31H37F2NO5. The Bertz CT molecular complexity index is 1280. The molecule has 8 heteroatoms. The molecule has 39 heavy (non-hydrogen) atoms. The molecule has 3 saturated carbocycles. The van der Waals surface area contributed by atoms with Crippen molar-refractivity contribution < 1.29 is 33.3 Å². The van der Waals surface area contributed by atoms with Gasteiger partial charge in [0, 0.05) is 31.0 Å². The fourth-order valence-corrected chi connectivity index (χ4v) is 9.67. The molecule has 1 heterocycles. The number of ketones is 2. The van der Waals surface area contributed by atoms with Crippen LogP contribution in [0.15, 0.2) is 48.1 Å². The summed E-state index contributed by atoms with van der Waals surface area (Å²) in [4.78, 5) is 28.0. The number of halogens is 2. The van der Waals surface area contributed by atoms with Gasteiger partial charge in [-0.1, -0.05) is 25.1 Å². The van der Waals surface area contributed by atoms with E-state index in [1.807, 2.05) is 31.2 Å². The molecule has 0 aromatic heterocycles. The summed E-state index contributed by atoms with van der Waals surface area (Å²) in [7, 11) is 1.61. The highest BCUT2D eigenvalue weighted by Gasteiger charge is 2.78.